The Morgan fingerprint density at radius 3 is 2.67 bits per heavy atom. The highest BCUT2D eigenvalue weighted by molar-refractivity contribution is 7.09. The van der Waals surface area contributed by atoms with Gasteiger partial charge in [0.25, 0.3) is 5.91 Å². The van der Waals surface area contributed by atoms with Crippen molar-refractivity contribution in [2.24, 2.45) is 0 Å². The van der Waals surface area contributed by atoms with Crippen molar-refractivity contribution in [2.45, 2.75) is 38.8 Å². The number of rotatable bonds is 6. The molecule has 0 saturated carbocycles. The molecule has 0 radical (unpaired) electrons. The minimum absolute atomic E-state index is 0.104. The Kier molecular flexibility index (Phi) is 6.24. The maximum Gasteiger partial charge on any atom is 0.338 e. The number of thiophene rings is 1. The van der Waals surface area contributed by atoms with Crippen LogP contribution in [0.15, 0.2) is 41.8 Å². The predicted molar refractivity (Wildman–Crippen MR) is 104 cm³/mol. The Balaban J connectivity index is 1.53. The molecule has 1 fully saturated rings. The summed E-state index contributed by atoms with van der Waals surface area (Å²) in [5.41, 5.74) is 1.12. The highest BCUT2D eigenvalue weighted by Gasteiger charge is 2.21. The summed E-state index contributed by atoms with van der Waals surface area (Å²) in [4.78, 5) is 39.1. The van der Waals surface area contributed by atoms with Crippen LogP contribution < -0.4 is 10.2 Å². The Morgan fingerprint density at radius 2 is 2.00 bits per heavy atom. The summed E-state index contributed by atoms with van der Waals surface area (Å²) in [6, 6.07) is 10.6. The van der Waals surface area contributed by atoms with Crippen LogP contribution in [0.3, 0.4) is 0 Å². The van der Waals surface area contributed by atoms with Gasteiger partial charge in [0.15, 0.2) is 6.10 Å². The van der Waals surface area contributed by atoms with Gasteiger partial charge in [-0.1, -0.05) is 6.07 Å². The van der Waals surface area contributed by atoms with E-state index in [1.165, 1.54) is 0 Å². The van der Waals surface area contributed by atoms with Gasteiger partial charge >= 0.3 is 5.97 Å². The van der Waals surface area contributed by atoms with Crippen molar-refractivity contribution in [3.63, 3.8) is 0 Å². The van der Waals surface area contributed by atoms with E-state index < -0.39 is 12.1 Å². The second kappa shape index (κ2) is 8.81. The van der Waals surface area contributed by atoms with Crippen molar-refractivity contribution in [3.05, 3.63) is 52.2 Å². The summed E-state index contributed by atoms with van der Waals surface area (Å²) in [6.45, 7) is 2.66. The fourth-order valence-corrected chi connectivity index (χ4v) is 3.51. The molecule has 142 valence electrons. The van der Waals surface area contributed by atoms with Crippen LogP contribution in [-0.4, -0.2) is 30.4 Å². The largest absolute Gasteiger partial charge is 0.449 e. The highest BCUT2D eigenvalue weighted by atomic mass is 32.1. The number of ether oxygens (including phenoxy) is 1. The van der Waals surface area contributed by atoms with Crippen molar-refractivity contribution in [2.75, 3.05) is 11.4 Å². The number of hydrogen-bond donors (Lipinski definition) is 1. The Hall–Kier alpha value is -2.67. The molecule has 6 nitrogen and oxygen atoms in total. The number of nitrogens with zero attached hydrogens (tertiary/aromatic N) is 1. The van der Waals surface area contributed by atoms with E-state index in [9.17, 15) is 14.4 Å². The fourth-order valence-electron chi connectivity index (χ4n) is 2.87. The molecule has 2 amide bonds. The Labute approximate surface area is 162 Å². The number of piperidine rings is 1. The summed E-state index contributed by atoms with van der Waals surface area (Å²) in [5.74, 6) is -0.801. The van der Waals surface area contributed by atoms with E-state index in [1.54, 1.807) is 47.4 Å². The lowest BCUT2D eigenvalue weighted by Crippen LogP contribution is -2.35. The first-order valence-electron chi connectivity index (χ1n) is 8.96. The second-order valence-corrected chi connectivity index (χ2v) is 7.43. The van der Waals surface area contributed by atoms with E-state index in [1.807, 2.05) is 17.5 Å². The molecule has 1 atom stereocenters. The minimum Gasteiger partial charge on any atom is -0.449 e. The molecule has 3 rings (SSSR count). The molecule has 0 bridgehead atoms. The van der Waals surface area contributed by atoms with Crippen LogP contribution in [0, 0.1) is 0 Å². The number of anilines is 1. The molecule has 1 aliphatic rings. The zero-order chi connectivity index (χ0) is 19.2. The second-order valence-electron chi connectivity index (χ2n) is 6.39. The summed E-state index contributed by atoms with van der Waals surface area (Å²) < 4.78 is 5.25. The van der Waals surface area contributed by atoms with Gasteiger partial charge in [-0.15, -0.1) is 11.3 Å². The molecule has 1 aliphatic heterocycles. The summed E-state index contributed by atoms with van der Waals surface area (Å²) in [6.07, 6.45) is 1.57. The van der Waals surface area contributed by atoms with Gasteiger partial charge in [-0.25, -0.2) is 4.79 Å². The molecule has 7 heteroatoms. The molecule has 1 aromatic carbocycles. The van der Waals surface area contributed by atoms with Crippen LogP contribution in [-0.2, 0) is 20.9 Å². The number of hydrogen-bond acceptors (Lipinski definition) is 5. The number of carbonyl (C=O) groups excluding carboxylic acids is 3. The van der Waals surface area contributed by atoms with Crippen LogP contribution in [0.2, 0.25) is 0 Å². The summed E-state index contributed by atoms with van der Waals surface area (Å²) in [5, 5.41) is 4.69. The Morgan fingerprint density at radius 1 is 1.22 bits per heavy atom. The van der Waals surface area contributed by atoms with Crippen LogP contribution in [0.1, 0.15) is 41.4 Å². The lowest BCUT2D eigenvalue weighted by molar-refractivity contribution is -0.129. The van der Waals surface area contributed by atoms with Crippen molar-refractivity contribution >= 4 is 34.8 Å². The number of amides is 2. The highest BCUT2D eigenvalue weighted by Crippen LogP contribution is 2.21. The number of benzene rings is 1. The number of nitrogens with one attached hydrogen (secondary N) is 1. The summed E-state index contributed by atoms with van der Waals surface area (Å²) in [7, 11) is 0. The van der Waals surface area contributed by atoms with E-state index >= 15 is 0 Å². The molecule has 2 aromatic rings. The van der Waals surface area contributed by atoms with Gasteiger partial charge in [0, 0.05) is 23.5 Å². The van der Waals surface area contributed by atoms with Crippen LogP contribution in [0.4, 0.5) is 5.69 Å². The predicted octanol–water partition coefficient (Wildman–Crippen LogP) is 3.13. The number of esters is 1. The third-order valence-electron chi connectivity index (χ3n) is 4.41. The maximum absolute atomic E-state index is 12.3. The van der Waals surface area contributed by atoms with Gasteiger partial charge in [-0.2, -0.15) is 0 Å². The minimum atomic E-state index is -0.888. The van der Waals surface area contributed by atoms with E-state index in [0.29, 0.717) is 25.1 Å². The maximum atomic E-state index is 12.3. The van der Waals surface area contributed by atoms with Crippen LogP contribution in [0.5, 0.6) is 0 Å². The first kappa shape index (κ1) is 19.1. The van der Waals surface area contributed by atoms with Gasteiger partial charge in [-0.3, -0.25) is 9.59 Å². The zero-order valence-electron chi connectivity index (χ0n) is 15.1. The lowest BCUT2D eigenvalue weighted by Gasteiger charge is -2.26. The van der Waals surface area contributed by atoms with E-state index in [-0.39, 0.29) is 11.8 Å². The summed E-state index contributed by atoms with van der Waals surface area (Å²) >= 11 is 1.55. The van der Waals surface area contributed by atoms with Crippen molar-refractivity contribution in [1.82, 2.24) is 5.32 Å². The van der Waals surface area contributed by atoms with E-state index in [0.717, 1.165) is 23.4 Å². The molecule has 1 aromatic heterocycles. The normalized spacial score (nSPS) is 15.3. The third-order valence-corrected chi connectivity index (χ3v) is 5.28. The molecular weight excluding hydrogens is 364 g/mol. The van der Waals surface area contributed by atoms with Crippen molar-refractivity contribution < 1.29 is 19.1 Å². The standard InChI is InChI=1S/C20H22N2O4S/c1-14(19(24)21-13-17-5-4-12-27-17)26-20(25)15-7-9-16(10-8-15)22-11-3-2-6-18(22)23/h4-5,7-10,12,14H,2-3,6,11,13H2,1H3,(H,21,24)/t14-/m0/s1. The van der Waals surface area contributed by atoms with Crippen LogP contribution >= 0.6 is 11.3 Å². The SMILES string of the molecule is C[C@H](OC(=O)c1ccc(N2CCCCC2=O)cc1)C(=O)NCc1cccs1. The van der Waals surface area contributed by atoms with E-state index in [2.05, 4.69) is 5.32 Å². The average molecular weight is 386 g/mol. The van der Waals surface area contributed by atoms with Crippen molar-refractivity contribution in [1.29, 1.82) is 0 Å². The monoisotopic (exact) mass is 386 g/mol. The first-order valence-corrected chi connectivity index (χ1v) is 9.84. The van der Waals surface area contributed by atoms with Gasteiger partial charge < -0.3 is 15.0 Å². The van der Waals surface area contributed by atoms with Crippen molar-refractivity contribution in [3.8, 4) is 0 Å². The van der Waals surface area contributed by atoms with Gasteiger partial charge in [-0.05, 0) is 55.5 Å². The third kappa shape index (κ3) is 4.95. The van der Waals surface area contributed by atoms with Gasteiger partial charge in [0.05, 0.1) is 12.1 Å². The molecule has 1 N–H and O–H groups in total. The van der Waals surface area contributed by atoms with Gasteiger partial charge in [0.2, 0.25) is 5.91 Å². The molecule has 0 aliphatic carbocycles. The molecular formula is C20H22N2O4S. The smallest absolute Gasteiger partial charge is 0.338 e. The number of carbonyl (C=O) groups is 3. The molecule has 1 saturated heterocycles. The lowest BCUT2D eigenvalue weighted by atomic mass is 10.1. The molecule has 2 heterocycles. The first-order chi connectivity index (χ1) is 13.0. The van der Waals surface area contributed by atoms with Crippen LogP contribution in [0.25, 0.3) is 0 Å². The quantitative estimate of drug-likeness (QED) is 0.774. The average Bonchev–Trinajstić information content (AvgIpc) is 3.20. The zero-order valence-corrected chi connectivity index (χ0v) is 16.0. The fraction of sp³-hybridized carbons (Fsp3) is 0.350. The van der Waals surface area contributed by atoms with E-state index in [4.69, 9.17) is 4.74 Å². The van der Waals surface area contributed by atoms with Gasteiger partial charge in [0.1, 0.15) is 0 Å². The Bertz CT molecular complexity index is 802. The molecule has 27 heavy (non-hydrogen) atoms. The topological polar surface area (TPSA) is 75.7 Å². The molecule has 0 unspecified atom stereocenters. The molecule has 0 spiro atoms.